The lowest BCUT2D eigenvalue weighted by atomic mass is 9.80. The van der Waals surface area contributed by atoms with Crippen LogP contribution in [0.25, 0.3) is 0 Å². The van der Waals surface area contributed by atoms with Crippen molar-refractivity contribution in [3.05, 3.63) is 29.8 Å². The minimum absolute atomic E-state index is 0.00421. The summed E-state index contributed by atoms with van der Waals surface area (Å²) >= 11 is 0. The number of benzene rings is 1. The SMILES string of the molecule is CC(=O)N1CCN(C(=O)C[C@@H]2CCN3C[C@@H]2CCCOc2ccccc2CN(C(=O)C2CCC2)CC3=O)CC1. The number of amides is 4. The molecule has 1 saturated carbocycles. The van der Waals surface area contributed by atoms with Gasteiger partial charge in [0.1, 0.15) is 12.3 Å². The van der Waals surface area contributed by atoms with E-state index in [2.05, 4.69) is 0 Å². The smallest absolute Gasteiger partial charge is 0.242 e. The van der Waals surface area contributed by atoms with Crippen LogP contribution in [0.15, 0.2) is 24.3 Å². The Hall–Kier alpha value is -3.10. The van der Waals surface area contributed by atoms with Crippen LogP contribution >= 0.6 is 0 Å². The molecule has 9 heteroatoms. The molecule has 2 bridgehead atoms. The minimum atomic E-state index is -0.00421. The lowest BCUT2D eigenvalue weighted by molar-refractivity contribution is -0.147. The van der Waals surface area contributed by atoms with E-state index in [1.54, 1.807) is 16.7 Å². The summed E-state index contributed by atoms with van der Waals surface area (Å²) in [5.74, 6) is 1.47. The number of ether oxygens (including phenoxy) is 1. The average molecular weight is 539 g/mol. The van der Waals surface area contributed by atoms with Crippen LogP contribution in [0.5, 0.6) is 5.75 Å². The lowest BCUT2D eigenvalue weighted by Crippen LogP contribution is -2.52. The van der Waals surface area contributed by atoms with Gasteiger partial charge in [0.15, 0.2) is 0 Å². The van der Waals surface area contributed by atoms with E-state index in [-0.39, 0.29) is 47.9 Å². The molecule has 1 aromatic rings. The van der Waals surface area contributed by atoms with E-state index in [0.717, 1.165) is 49.8 Å². The molecule has 1 aromatic carbocycles. The van der Waals surface area contributed by atoms with Crippen LogP contribution in [0.3, 0.4) is 0 Å². The highest BCUT2D eigenvalue weighted by molar-refractivity contribution is 5.86. The standard InChI is InChI=1S/C30H42N4O5/c1-22(35)31-13-15-32(16-14-31)28(36)18-24-11-12-33-19-25(24)9-5-17-39-27-10-3-2-6-26(27)20-34(21-29(33)37)30(38)23-7-4-8-23/h2-3,6,10,23-25H,4-5,7-9,11-21H2,1H3/t24-,25-/m0/s1. The summed E-state index contributed by atoms with van der Waals surface area (Å²) in [6.07, 6.45) is 5.84. The number of carbonyl (C=O) groups is 4. The van der Waals surface area contributed by atoms with Crippen LogP contribution in [0.4, 0.5) is 0 Å². The third kappa shape index (κ3) is 6.56. The molecule has 0 N–H and O–H groups in total. The van der Waals surface area contributed by atoms with Crippen molar-refractivity contribution in [2.45, 2.75) is 58.4 Å². The number of piperazine rings is 1. The lowest BCUT2D eigenvalue weighted by Gasteiger charge is -2.41. The first-order chi connectivity index (χ1) is 18.9. The van der Waals surface area contributed by atoms with Crippen molar-refractivity contribution < 1.29 is 23.9 Å². The van der Waals surface area contributed by atoms with Gasteiger partial charge in [-0.25, -0.2) is 0 Å². The van der Waals surface area contributed by atoms with Gasteiger partial charge in [0.05, 0.1) is 6.61 Å². The summed E-state index contributed by atoms with van der Waals surface area (Å²) in [6, 6.07) is 7.82. The Balaban J connectivity index is 1.28. The van der Waals surface area contributed by atoms with Gasteiger partial charge in [-0.1, -0.05) is 24.6 Å². The molecule has 212 valence electrons. The summed E-state index contributed by atoms with van der Waals surface area (Å²) in [6.45, 7) is 6.17. The number of para-hydroxylation sites is 1. The zero-order valence-electron chi connectivity index (χ0n) is 23.2. The van der Waals surface area contributed by atoms with E-state index < -0.39 is 0 Å². The highest BCUT2D eigenvalue weighted by Gasteiger charge is 2.36. The molecule has 0 spiro atoms. The molecule has 4 aliphatic rings. The van der Waals surface area contributed by atoms with Crippen LogP contribution < -0.4 is 4.74 Å². The predicted octanol–water partition coefficient (Wildman–Crippen LogP) is 2.53. The maximum atomic E-state index is 13.5. The maximum absolute atomic E-state index is 13.5. The first-order valence-electron chi connectivity index (χ1n) is 14.7. The fourth-order valence-corrected chi connectivity index (χ4v) is 6.42. The average Bonchev–Trinajstić information content (AvgIpc) is 2.91. The van der Waals surface area contributed by atoms with Crippen molar-refractivity contribution in [2.75, 3.05) is 52.4 Å². The quantitative estimate of drug-likeness (QED) is 0.590. The first-order valence-corrected chi connectivity index (χ1v) is 14.7. The molecule has 3 fully saturated rings. The Morgan fingerprint density at radius 3 is 2.33 bits per heavy atom. The van der Waals surface area contributed by atoms with Gasteiger partial charge < -0.3 is 24.3 Å². The van der Waals surface area contributed by atoms with E-state index in [1.807, 2.05) is 34.1 Å². The second kappa shape index (κ2) is 12.4. The molecule has 0 aromatic heterocycles. The van der Waals surface area contributed by atoms with Gasteiger partial charge in [0, 0.05) is 70.6 Å². The Morgan fingerprint density at radius 2 is 1.62 bits per heavy atom. The molecule has 4 amide bonds. The Bertz CT molecular complexity index is 1070. The summed E-state index contributed by atoms with van der Waals surface area (Å²) in [5.41, 5.74) is 0.934. The van der Waals surface area contributed by atoms with Crippen molar-refractivity contribution in [3.8, 4) is 5.75 Å². The molecular weight excluding hydrogens is 496 g/mol. The second-order valence-electron chi connectivity index (χ2n) is 11.7. The highest BCUT2D eigenvalue weighted by atomic mass is 16.5. The summed E-state index contributed by atoms with van der Waals surface area (Å²) in [4.78, 5) is 59.1. The number of carbonyl (C=O) groups excluding carboxylic acids is 4. The molecule has 5 rings (SSSR count). The van der Waals surface area contributed by atoms with E-state index in [0.29, 0.717) is 58.8 Å². The summed E-state index contributed by atoms with van der Waals surface area (Å²) in [5, 5.41) is 0. The van der Waals surface area contributed by atoms with E-state index in [9.17, 15) is 19.2 Å². The molecule has 39 heavy (non-hydrogen) atoms. The molecule has 0 unspecified atom stereocenters. The van der Waals surface area contributed by atoms with E-state index >= 15 is 0 Å². The highest BCUT2D eigenvalue weighted by Crippen LogP contribution is 2.33. The number of rotatable bonds is 3. The van der Waals surface area contributed by atoms with Crippen molar-refractivity contribution in [2.24, 2.45) is 17.8 Å². The Kier molecular flexibility index (Phi) is 8.72. The fraction of sp³-hybridized carbons (Fsp3) is 0.667. The van der Waals surface area contributed by atoms with Crippen molar-refractivity contribution in [1.29, 1.82) is 0 Å². The monoisotopic (exact) mass is 538 g/mol. The van der Waals surface area contributed by atoms with Crippen LogP contribution in [0.2, 0.25) is 0 Å². The zero-order valence-corrected chi connectivity index (χ0v) is 23.2. The van der Waals surface area contributed by atoms with Gasteiger partial charge in [-0.2, -0.15) is 0 Å². The molecule has 0 radical (unpaired) electrons. The normalized spacial score (nSPS) is 24.9. The molecular formula is C30H42N4O5. The molecule has 3 heterocycles. The molecule has 3 aliphatic heterocycles. The first kappa shape index (κ1) is 27.5. The number of fused-ring (bicyclic) bond motifs is 3. The van der Waals surface area contributed by atoms with Crippen molar-refractivity contribution >= 4 is 23.6 Å². The maximum Gasteiger partial charge on any atom is 0.242 e. The van der Waals surface area contributed by atoms with Crippen LogP contribution in [-0.2, 0) is 25.7 Å². The molecule has 1 aliphatic carbocycles. The number of piperidine rings is 1. The zero-order chi connectivity index (χ0) is 27.4. The van der Waals surface area contributed by atoms with Crippen molar-refractivity contribution in [3.63, 3.8) is 0 Å². The third-order valence-electron chi connectivity index (χ3n) is 9.16. The Labute approximate surface area is 231 Å². The van der Waals surface area contributed by atoms with Gasteiger partial charge in [-0.15, -0.1) is 0 Å². The van der Waals surface area contributed by atoms with Gasteiger partial charge >= 0.3 is 0 Å². The van der Waals surface area contributed by atoms with Crippen LogP contribution in [0.1, 0.15) is 57.4 Å². The second-order valence-corrected chi connectivity index (χ2v) is 11.7. The topological polar surface area (TPSA) is 90.5 Å². The Morgan fingerprint density at radius 1 is 0.872 bits per heavy atom. The van der Waals surface area contributed by atoms with Crippen LogP contribution in [0, 0.1) is 17.8 Å². The largest absolute Gasteiger partial charge is 0.493 e. The molecule has 2 saturated heterocycles. The number of hydrogen-bond acceptors (Lipinski definition) is 5. The summed E-state index contributed by atoms with van der Waals surface area (Å²) < 4.78 is 6.19. The van der Waals surface area contributed by atoms with Gasteiger partial charge in [0.25, 0.3) is 0 Å². The van der Waals surface area contributed by atoms with Gasteiger partial charge in [-0.3, -0.25) is 19.2 Å². The number of hydrogen-bond donors (Lipinski definition) is 0. The third-order valence-corrected chi connectivity index (χ3v) is 9.16. The summed E-state index contributed by atoms with van der Waals surface area (Å²) in [7, 11) is 0. The van der Waals surface area contributed by atoms with Gasteiger partial charge in [0.2, 0.25) is 23.6 Å². The van der Waals surface area contributed by atoms with E-state index in [4.69, 9.17) is 4.74 Å². The molecule has 9 nitrogen and oxygen atoms in total. The van der Waals surface area contributed by atoms with Gasteiger partial charge in [-0.05, 0) is 50.0 Å². The van der Waals surface area contributed by atoms with Crippen molar-refractivity contribution in [1.82, 2.24) is 19.6 Å². The van der Waals surface area contributed by atoms with Crippen LogP contribution in [-0.4, -0.2) is 95.6 Å². The molecule has 2 atom stereocenters. The van der Waals surface area contributed by atoms with E-state index in [1.165, 1.54) is 0 Å². The minimum Gasteiger partial charge on any atom is -0.493 e. The fourth-order valence-electron chi connectivity index (χ4n) is 6.42. The number of nitrogens with zero attached hydrogens (tertiary/aromatic N) is 4. The predicted molar refractivity (Wildman–Crippen MR) is 146 cm³/mol.